The Kier molecular flexibility index (Phi) is 11.1. The van der Waals surface area contributed by atoms with E-state index in [2.05, 4.69) is 34.5 Å². The van der Waals surface area contributed by atoms with E-state index in [1.807, 2.05) is 12.1 Å². The molecule has 0 amide bonds. The minimum absolute atomic E-state index is 0. The van der Waals surface area contributed by atoms with E-state index < -0.39 is 0 Å². The Labute approximate surface area is 138 Å². The number of halogens is 1. The van der Waals surface area contributed by atoms with Crippen LogP contribution in [0.5, 0.6) is 5.75 Å². The third-order valence-electron chi connectivity index (χ3n) is 2.54. The number of guanidine groups is 1. The van der Waals surface area contributed by atoms with Gasteiger partial charge in [0.25, 0.3) is 0 Å². The van der Waals surface area contributed by atoms with Crippen molar-refractivity contribution in [2.45, 2.75) is 20.3 Å². The van der Waals surface area contributed by atoms with E-state index >= 15 is 0 Å². The second-order valence-corrected chi connectivity index (χ2v) is 4.65. The number of aromatic nitrogens is 1. The number of nitrogens with zero attached hydrogens (tertiary/aromatic N) is 2. The summed E-state index contributed by atoms with van der Waals surface area (Å²) in [6.45, 7) is 6.63. The molecule has 0 aliphatic heterocycles. The fourth-order valence-corrected chi connectivity index (χ4v) is 1.47. The highest BCUT2D eigenvalue weighted by Crippen LogP contribution is 2.04. The molecule has 0 saturated carbocycles. The molecule has 2 N–H and O–H groups in total. The first-order valence-corrected chi connectivity index (χ1v) is 6.69. The average Bonchev–Trinajstić information content (AvgIpc) is 2.42. The molecule has 1 heterocycles. The summed E-state index contributed by atoms with van der Waals surface area (Å²) >= 11 is 0. The van der Waals surface area contributed by atoms with Crippen LogP contribution < -0.4 is 15.4 Å². The Morgan fingerprint density at radius 1 is 1.35 bits per heavy atom. The molecule has 0 bridgehead atoms. The van der Waals surface area contributed by atoms with Gasteiger partial charge < -0.3 is 15.4 Å². The van der Waals surface area contributed by atoms with Gasteiger partial charge in [-0.05, 0) is 24.5 Å². The zero-order chi connectivity index (χ0) is 13.9. The number of aliphatic imine (C=N–C) groups is 1. The van der Waals surface area contributed by atoms with Crippen molar-refractivity contribution in [1.82, 2.24) is 15.6 Å². The van der Waals surface area contributed by atoms with E-state index in [4.69, 9.17) is 4.74 Å². The topological polar surface area (TPSA) is 58.5 Å². The highest BCUT2D eigenvalue weighted by atomic mass is 127. The van der Waals surface area contributed by atoms with Crippen LogP contribution in [-0.4, -0.2) is 37.7 Å². The van der Waals surface area contributed by atoms with Crippen LogP contribution in [0.3, 0.4) is 0 Å². The average molecular weight is 392 g/mol. The molecule has 1 aromatic heterocycles. The number of hydrogen-bond donors (Lipinski definition) is 2. The first-order valence-electron chi connectivity index (χ1n) is 6.69. The van der Waals surface area contributed by atoms with Gasteiger partial charge in [-0.15, -0.1) is 24.0 Å². The molecule has 1 rings (SSSR count). The largest absolute Gasteiger partial charge is 0.490 e. The summed E-state index contributed by atoms with van der Waals surface area (Å²) < 4.78 is 5.54. The van der Waals surface area contributed by atoms with Gasteiger partial charge in [0.1, 0.15) is 12.4 Å². The minimum atomic E-state index is 0. The van der Waals surface area contributed by atoms with Crippen LogP contribution in [0.15, 0.2) is 29.5 Å². The molecule has 6 heteroatoms. The van der Waals surface area contributed by atoms with Gasteiger partial charge in [0.15, 0.2) is 5.96 Å². The summed E-state index contributed by atoms with van der Waals surface area (Å²) in [4.78, 5) is 8.15. The molecule has 0 saturated heterocycles. The highest BCUT2D eigenvalue weighted by Gasteiger charge is 1.98. The van der Waals surface area contributed by atoms with Crippen LogP contribution in [-0.2, 0) is 0 Å². The maximum atomic E-state index is 5.54. The zero-order valence-electron chi connectivity index (χ0n) is 12.4. The normalized spacial score (nSPS) is 10.9. The Bertz CT molecular complexity index is 371. The molecule has 0 spiro atoms. The fraction of sp³-hybridized carbons (Fsp3) is 0.571. The molecule has 5 nitrogen and oxygen atoms in total. The Balaban J connectivity index is 0.00000361. The van der Waals surface area contributed by atoms with Crippen LogP contribution in [0.1, 0.15) is 20.3 Å². The summed E-state index contributed by atoms with van der Waals surface area (Å²) in [5.41, 5.74) is 0. The van der Waals surface area contributed by atoms with E-state index in [1.165, 1.54) is 0 Å². The third-order valence-corrected chi connectivity index (χ3v) is 2.54. The van der Waals surface area contributed by atoms with Crippen molar-refractivity contribution in [2.75, 3.05) is 26.7 Å². The Morgan fingerprint density at radius 2 is 2.10 bits per heavy atom. The molecule has 0 radical (unpaired) electrons. The summed E-state index contributed by atoms with van der Waals surface area (Å²) in [7, 11) is 1.77. The SMILES string of the molecule is CN=C(NCCOc1cccnc1)NCCC(C)C.I. The van der Waals surface area contributed by atoms with E-state index in [1.54, 1.807) is 19.4 Å². The van der Waals surface area contributed by atoms with Crippen molar-refractivity contribution in [2.24, 2.45) is 10.9 Å². The summed E-state index contributed by atoms with van der Waals surface area (Å²) in [6, 6.07) is 3.75. The number of pyridine rings is 1. The monoisotopic (exact) mass is 392 g/mol. The minimum Gasteiger partial charge on any atom is -0.490 e. The van der Waals surface area contributed by atoms with Gasteiger partial charge in [0.05, 0.1) is 12.7 Å². The molecule has 0 fully saturated rings. The smallest absolute Gasteiger partial charge is 0.191 e. The molecule has 114 valence electrons. The molecule has 1 aromatic rings. The predicted octanol–water partition coefficient (Wildman–Crippen LogP) is 2.29. The lowest BCUT2D eigenvalue weighted by molar-refractivity contribution is 0.320. The second kappa shape index (κ2) is 11.7. The van der Waals surface area contributed by atoms with Gasteiger partial charge >= 0.3 is 0 Å². The zero-order valence-corrected chi connectivity index (χ0v) is 14.8. The molecule has 0 atom stereocenters. The molecular formula is C14H25IN4O. The van der Waals surface area contributed by atoms with E-state index in [0.29, 0.717) is 19.1 Å². The van der Waals surface area contributed by atoms with Gasteiger partial charge in [-0.1, -0.05) is 13.8 Å². The van der Waals surface area contributed by atoms with Gasteiger partial charge in [-0.25, -0.2) is 0 Å². The summed E-state index contributed by atoms with van der Waals surface area (Å²) in [5, 5.41) is 6.48. The lowest BCUT2D eigenvalue weighted by atomic mass is 10.1. The van der Waals surface area contributed by atoms with Crippen LogP contribution >= 0.6 is 24.0 Å². The Morgan fingerprint density at radius 3 is 2.70 bits per heavy atom. The predicted molar refractivity (Wildman–Crippen MR) is 94.0 cm³/mol. The molecule has 0 unspecified atom stereocenters. The Hall–Kier alpha value is -1.05. The van der Waals surface area contributed by atoms with Crippen molar-refractivity contribution in [3.63, 3.8) is 0 Å². The van der Waals surface area contributed by atoms with E-state index in [-0.39, 0.29) is 24.0 Å². The second-order valence-electron chi connectivity index (χ2n) is 4.65. The maximum absolute atomic E-state index is 5.54. The maximum Gasteiger partial charge on any atom is 0.191 e. The number of hydrogen-bond acceptors (Lipinski definition) is 3. The van der Waals surface area contributed by atoms with Crippen molar-refractivity contribution >= 4 is 29.9 Å². The first-order chi connectivity index (χ1) is 9.22. The highest BCUT2D eigenvalue weighted by molar-refractivity contribution is 14.0. The quantitative estimate of drug-likeness (QED) is 0.324. The molecule has 0 aromatic carbocycles. The summed E-state index contributed by atoms with van der Waals surface area (Å²) in [5.74, 6) is 2.29. The third kappa shape index (κ3) is 8.95. The van der Waals surface area contributed by atoms with Crippen LogP contribution in [0.4, 0.5) is 0 Å². The van der Waals surface area contributed by atoms with Crippen molar-refractivity contribution in [3.8, 4) is 5.75 Å². The molecule has 20 heavy (non-hydrogen) atoms. The van der Waals surface area contributed by atoms with E-state index in [0.717, 1.165) is 24.7 Å². The lowest BCUT2D eigenvalue weighted by Crippen LogP contribution is -2.39. The number of rotatable bonds is 7. The van der Waals surface area contributed by atoms with E-state index in [9.17, 15) is 0 Å². The fourth-order valence-electron chi connectivity index (χ4n) is 1.47. The standard InChI is InChI=1S/C14H24N4O.HI/c1-12(2)6-8-17-14(15-3)18-9-10-19-13-5-4-7-16-11-13;/h4-5,7,11-12H,6,8-10H2,1-3H3,(H2,15,17,18);1H. The summed E-state index contributed by atoms with van der Waals surface area (Å²) in [6.07, 6.45) is 4.56. The number of ether oxygens (including phenoxy) is 1. The van der Waals surface area contributed by atoms with Gasteiger partial charge in [0, 0.05) is 19.8 Å². The van der Waals surface area contributed by atoms with Crippen LogP contribution in [0.2, 0.25) is 0 Å². The lowest BCUT2D eigenvalue weighted by Gasteiger charge is -2.13. The molecule has 0 aliphatic carbocycles. The van der Waals surface area contributed by atoms with Crippen molar-refractivity contribution in [1.29, 1.82) is 0 Å². The first kappa shape index (κ1) is 18.9. The molecule has 0 aliphatic rings. The van der Waals surface area contributed by atoms with Gasteiger partial charge in [-0.2, -0.15) is 0 Å². The number of nitrogens with one attached hydrogen (secondary N) is 2. The van der Waals surface area contributed by atoms with Crippen molar-refractivity contribution in [3.05, 3.63) is 24.5 Å². The molecular weight excluding hydrogens is 367 g/mol. The van der Waals surface area contributed by atoms with Crippen LogP contribution in [0.25, 0.3) is 0 Å². The van der Waals surface area contributed by atoms with Crippen molar-refractivity contribution < 1.29 is 4.74 Å². The van der Waals surface area contributed by atoms with Gasteiger partial charge in [0.2, 0.25) is 0 Å². The van der Waals surface area contributed by atoms with Crippen LogP contribution in [0, 0.1) is 5.92 Å². The van der Waals surface area contributed by atoms with Gasteiger partial charge in [-0.3, -0.25) is 9.98 Å².